The Kier molecular flexibility index (Phi) is 10.3. The highest BCUT2D eigenvalue weighted by atomic mass is 16.7. The Labute approximate surface area is 289 Å². The lowest BCUT2D eigenvalue weighted by molar-refractivity contribution is -0.320. The first-order valence-corrected chi connectivity index (χ1v) is 15.5. The number of hydrogen-bond acceptors (Lipinski definition) is 15. The van der Waals surface area contributed by atoms with E-state index in [0.717, 1.165) is 7.11 Å². The molecule has 0 bridgehead atoms. The number of carbonyl (C=O) groups excluding carboxylic acids is 4. The first kappa shape index (κ1) is 35.0. The van der Waals surface area contributed by atoms with E-state index in [9.17, 15) is 29.4 Å². The number of rotatable bonds is 10. The van der Waals surface area contributed by atoms with Crippen molar-refractivity contribution in [2.24, 2.45) is 0 Å². The highest BCUT2D eigenvalue weighted by molar-refractivity contribution is 5.99. The van der Waals surface area contributed by atoms with Gasteiger partial charge in [0.25, 0.3) is 5.91 Å². The van der Waals surface area contributed by atoms with Crippen LogP contribution in [0.15, 0.2) is 60.7 Å². The van der Waals surface area contributed by atoms with E-state index in [1.165, 1.54) is 54.6 Å². The Balaban J connectivity index is 1.28. The van der Waals surface area contributed by atoms with Crippen LogP contribution in [0.4, 0.5) is 26.7 Å². The molecule has 0 aromatic heterocycles. The van der Waals surface area contributed by atoms with Crippen molar-refractivity contribution in [3.8, 4) is 23.0 Å². The molecule has 0 spiro atoms. The van der Waals surface area contributed by atoms with Gasteiger partial charge in [-0.2, -0.15) is 0 Å². The van der Waals surface area contributed by atoms with Crippen LogP contribution in [0.5, 0.6) is 23.0 Å². The van der Waals surface area contributed by atoms with Crippen molar-refractivity contribution >= 4 is 41.1 Å². The zero-order chi connectivity index (χ0) is 36.1. The van der Waals surface area contributed by atoms with Gasteiger partial charge in [-0.1, -0.05) is 0 Å². The van der Waals surface area contributed by atoms with Gasteiger partial charge < -0.3 is 58.2 Å². The van der Waals surface area contributed by atoms with Gasteiger partial charge in [-0.05, 0) is 55.5 Å². The number of esters is 1. The first-order valence-electron chi connectivity index (χ1n) is 15.5. The zero-order valence-corrected chi connectivity index (χ0v) is 27.1. The summed E-state index contributed by atoms with van der Waals surface area (Å²) >= 11 is 0. The van der Waals surface area contributed by atoms with Crippen LogP contribution in [-0.2, 0) is 28.5 Å². The Morgan fingerprint density at radius 1 is 0.784 bits per heavy atom. The second-order valence-electron chi connectivity index (χ2n) is 11.1. The molecular formula is C33H33N3O15. The summed E-state index contributed by atoms with van der Waals surface area (Å²) in [5.74, 6) is -0.254. The number of anilines is 3. The molecule has 5 atom stereocenters. The number of aliphatic hydroxyl groups is 2. The van der Waals surface area contributed by atoms with Crippen LogP contribution in [-0.4, -0.2) is 98.4 Å². The quantitative estimate of drug-likeness (QED) is 0.150. The summed E-state index contributed by atoms with van der Waals surface area (Å²) in [5, 5.41) is 29.9. The van der Waals surface area contributed by atoms with Crippen LogP contribution in [0.1, 0.15) is 17.3 Å². The van der Waals surface area contributed by atoms with Gasteiger partial charge in [-0.3, -0.25) is 15.4 Å². The number of methoxy groups -OCH3 is 1. The normalized spacial score (nSPS) is 22.7. The highest BCUT2D eigenvalue weighted by Crippen LogP contribution is 2.39. The second-order valence-corrected chi connectivity index (χ2v) is 11.1. The summed E-state index contributed by atoms with van der Waals surface area (Å²) in [4.78, 5) is 52.7. The number of ether oxygens (including phenoxy) is 9. The molecule has 0 radical (unpaired) electrons. The molecule has 3 aromatic carbocycles. The topological polar surface area (TPSA) is 228 Å². The summed E-state index contributed by atoms with van der Waals surface area (Å²) in [6.07, 6.45) is -9.63. The fourth-order valence-electron chi connectivity index (χ4n) is 5.45. The maximum Gasteiger partial charge on any atom is 0.412 e. The zero-order valence-electron chi connectivity index (χ0n) is 27.1. The number of amides is 3. The van der Waals surface area contributed by atoms with Crippen LogP contribution in [0.25, 0.3) is 0 Å². The third-order valence-electron chi connectivity index (χ3n) is 7.88. The van der Waals surface area contributed by atoms with Crippen LogP contribution in [0.3, 0.4) is 0 Å². The minimum Gasteiger partial charge on any atom is -0.462 e. The van der Waals surface area contributed by atoms with Crippen molar-refractivity contribution in [3.05, 3.63) is 66.2 Å². The van der Waals surface area contributed by atoms with E-state index in [0.29, 0.717) is 23.0 Å². The van der Waals surface area contributed by atoms with Gasteiger partial charge >= 0.3 is 18.2 Å². The third-order valence-corrected chi connectivity index (χ3v) is 7.88. The fraction of sp³-hybridized carbons (Fsp3) is 0.333. The number of fused-ring (bicyclic) bond motifs is 2. The number of nitrogens with one attached hydrogen (secondary N) is 3. The molecule has 51 heavy (non-hydrogen) atoms. The van der Waals surface area contributed by atoms with Crippen molar-refractivity contribution in [2.45, 2.75) is 37.1 Å². The minimum absolute atomic E-state index is 0.0194. The second kappa shape index (κ2) is 15.0. The maximum atomic E-state index is 14.0. The molecule has 1 saturated heterocycles. The molecule has 3 heterocycles. The van der Waals surface area contributed by atoms with Crippen LogP contribution in [0, 0.1) is 0 Å². The number of aliphatic hydroxyl groups excluding tert-OH is 1. The van der Waals surface area contributed by atoms with E-state index in [1.54, 1.807) is 13.0 Å². The Morgan fingerprint density at radius 3 is 1.92 bits per heavy atom. The molecule has 3 aliphatic heterocycles. The van der Waals surface area contributed by atoms with Gasteiger partial charge in [-0.25, -0.2) is 14.4 Å². The first-order chi connectivity index (χ1) is 24.6. The van der Waals surface area contributed by atoms with E-state index in [4.69, 9.17) is 42.6 Å². The molecule has 0 saturated carbocycles. The van der Waals surface area contributed by atoms with E-state index < -0.39 is 60.9 Å². The number of benzene rings is 3. The predicted octanol–water partition coefficient (Wildman–Crippen LogP) is 2.59. The van der Waals surface area contributed by atoms with E-state index >= 15 is 0 Å². The molecule has 5 unspecified atom stereocenters. The van der Waals surface area contributed by atoms with Gasteiger partial charge in [0, 0.05) is 36.3 Å². The summed E-state index contributed by atoms with van der Waals surface area (Å²) in [7, 11) is 1.11. The Hall–Kier alpha value is -5.82. The molecule has 5 N–H and O–H groups in total. The molecule has 6 rings (SSSR count). The lowest BCUT2D eigenvalue weighted by Crippen LogP contribution is -2.73. The average molecular weight is 712 g/mol. The Morgan fingerprint density at radius 2 is 1.33 bits per heavy atom. The predicted molar refractivity (Wildman–Crippen MR) is 172 cm³/mol. The Bertz CT molecular complexity index is 1790. The lowest BCUT2D eigenvalue weighted by Gasteiger charge is -2.48. The molecule has 3 aromatic rings. The number of carbonyl (C=O) groups is 4. The maximum absolute atomic E-state index is 14.0. The number of hydrogen-bond donors (Lipinski definition) is 5. The summed E-state index contributed by atoms with van der Waals surface area (Å²) < 4.78 is 48.5. The highest BCUT2D eigenvalue weighted by Gasteiger charge is 2.64. The molecule has 3 amide bonds. The summed E-state index contributed by atoms with van der Waals surface area (Å²) in [6.45, 7) is 0.935. The van der Waals surface area contributed by atoms with E-state index in [2.05, 4.69) is 16.0 Å². The monoisotopic (exact) mass is 711 g/mol. The third kappa shape index (κ3) is 7.38. The minimum atomic E-state index is -2.92. The van der Waals surface area contributed by atoms with Crippen molar-refractivity contribution in [3.63, 3.8) is 0 Å². The average Bonchev–Trinajstić information content (AvgIpc) is 3.79. The van der Waals surface area contributed by atoms with Crippen LogP contribution >= 0.6 is 0 Å². The largest absolute Gasteiger partial charge is 0.462 e. The molecular weight excluding hydrogens is 678 g/mol. The lowest BCUT2D eigenvalue weighted by atomic mass is 9.85. The van der Waals surface area contributed by atoms with Crippen LogP contribution < -0.4 is 34.9 Å². The van der Waals surface area contributed by atoms with E-state index in [1.807, 2.05) is 0 Å². The molecule has 0 aliphatic carbocycles. The van der Waals surface area contributed by atoms with Gasteiger partial charge in [0.2, 0.25) is 19.2 Å². The fourth-order valence-corrected chi connectivity index (χ4v) is 5.45. The van der Waals surface area contributed by atoms with Crippen molar-refractivity contribution in [2.75, 3.05) is 49.9 Å². The van der Waals surface area contributed by atoms with Crippen molar-refractivity contribution in [1.82, 2.24) is 0 Å². The van der Waals surface area contributed by atoms with Gasteiger partial charge in [0.15, 0.2) is 41.5 Å². The van der Waals surface area contributed by atoms with Gasteiger partial charge in [0.05, 0.1) is 18.8 Å². The molecule has 3 aliphatic rings. The molecule has 18 nitrogen and oxygen atoms in total. The van der Waals surface area contributed by atoms with Crippen molar-refractivity contribution in [1.29, 1.82) is 0 Å². The molecule has 1 fully saturated rings. The summed E-state index contributed by atoms with van der Waals surface area (Å²) in [5.41, 5.74) is -2.19. The molecule has 18 heteroatoms. The van der Waals surface area contributed by atoms with Gasteiger partial charge in [0.1, 0.15) is 6.10 Å². The summed E-state index contributed by atoms with van der Waals surface area (Å²) in [6, 6.07) is 14.5. The molecule has 270 valence electrons. The van der Waals surface area contributed by atoms with Crippen molar-refractivity contribution < 1.29 is 72.0 Å². The SMILES string of the molecule is CCOC(=O)c1ccc(NC(=O)OC2C(CO)OC(OC)C(O)(C(=O)Nc3ccc4c(c3)OCO4)C2OC(=O)Nc2ccc3c(c2)OCO3)cc1. The van der Waals surface area contributed by atoms with Crippen LogP contribution in [0.2, 0.25) is 0 Å². The van der Waals surface area contributed by atoms with Gasteiger partial charge in [-0.15, -0.1) is 0 Å². The standard InChI is InChI=1S/C33H33N3O15/c1-3-44-28(38)17-4-6-18(7-5-17)35-31(40)50-26-25(14-37)49-30(43-2)33(42,29(39)34-19-8-10-21-23(12-19)47-15-45-21)27(26)51-32(41)36-20-9-11-22-24(13-20)48-16-46-22/h4-13,25-27,30,37,42H,3,14-16H2,1-2H3,(H,34,39)(H,35,40)(H,36,41). The van der Waals surface area contributed by atoms with E-state index in [-0.39, 0.29) is 42.8 Å². The smallest absolute Gasteiger partial charge is 0.412 e.